The van der Waals surface area contributed by atoms with E-state index in [2.05, 4.69) is 162 Å². The van der Waals surface area contributed by atoms with Crippen LogP contribution in [0.4, 0.5) is 0 Å². The number of rotatable bonds is 15. The zero-order valence-corrected chi connectivity index (χ0v) is 35.1. The summed E-state index contributed by atoms with van der Waals surface area (Å²) in [7, 11) is 9.88. The van der Waals surface area contributed by atoms with Crippen LogP contribution in [0, 0.1) is 0 Å². The zero-order chi connectivity index (χ0) is 35.4. The van der Waals surface area contributed by atoms with Gasteiger partial charge in [0.2, 0.25) is 0 Å². The molecule has 9 nitrogen and oxygen atoms in total. The summed E-state index contributed by atoms with van der Waals surface area (Å²) in [6.45, 7) is 0. The Morgan fingerprint density at radius 3 is 0.592 bits per heavy atom. The fourth-order valence-electron chi connectivity index (χ4n) is 3.87. The molecule has 0 atom stereocenters. The maximum absolute atomic E-state index is 4.67. The molecule has 0 heterocycles. The summed E-state index contributed by atoms with van der Waals surface area (Å²) in [5, 5.41) is 5.83. The van der Waals surface area contributed by atoms with Gasteiger partial charge in [0, 0.05) is 87.0 Å². The minimum atomic E-state index is -1.05. The van der Waals surface area contributed by atoms with Gasteiger partial charge in [-0.1, -0.05) is 121 Å². The minimum absolute atomic E-state index is 0. The van der Waals surface area contributed by atoms with Gasteiger partial charge in [-0.3, -0.25) is 0 Å². The van der Waals surface area contributed by atoms with Gasteiger partial charge in [-0.25, -0.2) is 0 Å². The molecule has 272 valence electrons. The van der Waals surface area contributed by atoms with Gasteiger partial charge in [0.1, 0.15) is 0 Å². The van der Waals surface area contributed by atoms with Crippen molar-refractivity contribution in [2.45, 2.75) is 0 Å². The van der Waals surface area contributed by atoms with E-state index in [1.54, 1.807) is 64.0 Å². The maximum Gasteiger partial charge on any atom is 0.331 e. The molecule has 0 saturated heterocycles. The van der Waals surface area contributed by atoms with Crippen molar-refractivity contribution in [3.05, 3.63) is 121 Å². The second kappa shape index (κ2) is 31.9. The molecular formula is C34H49FeO9P5. The average molecular weight is 812 g/mol. The van der Waals surface area contributed by atoms with Crippen LogP contribution in [-0.2, 0) is 57.8 Å². The van der Waals surface area contributed by atoms with Crippen molar-refractivity contribution in [3.63, 3.8) is 0 Å². The molecule has 0 amide bonds. The van der Waals surface area contributed by atoms with Gasteiger partial charge in [-0.2, -0.15) is 0 Å². The third kappa shape index (κ3) is 20.1. The smallest absolute Gasteiger partial charge is 0.316 e. The van der Waals surface area contributed by atoms with Crippen molar-refractivity contribution >= 4 is 62.9 Å². The number of hydrogen-bond donors (Lipinski definition) is 0. The molecule has 0 aliphatic rings. The molecule has 4 rings (SSSR count). The standard InChI is InChI=1S/C25H22P2.3C3H9O3P.Fe/c1-5-13-22(14-6-1)26(23-15-7-2-8-16-23)21-27(24-17-9-3-10-18-24)25-19-11-4-12-20-25;3*1-4-7(5-2)6-3;/h1-20H,21H2;3*1-3H3;. The molecule has 4 aromatic carbocycles. The Morgan fingerprint density at radius 2 is 0.469 bits per heavy atom. The molecule has 0 bridgehead atoms. The van der Waals surface area contributed by atoms with Crippen LogP contribution in [0.2, 0.25) is 0 Å². The molecule has 4 aromatic rings. The summed E-state index contributed by atoms with van der Waals surface area (Å²) in [5.41, 5.74) is 0. The largest absolute Gasteiger partial charge is 0.331 e. The first-order valence-corrected chi connectivity index (χ1v) is 20.8. The molecule has 0 aliphatic heterocycles. The van der Waals surface area contributed by atoms with Gasteiger partial charge < -0.3 is 40.7 Å². The van der Waals surface area contributed by atoms with E-state index in [0.717, 1.165) is 0 Å². The first-order valence-electron chi connectivity index (χ1n) is 14.5. The van der Waals surface area contributed by atoms with Crippen LogP contribution in [0.25, 0.3) is 0 Å². The fourth-order valence-corrected chi connectivity index (χ4v) is 11.7. The monoisotopic (exact) mass is 812 g/mol. The van der Waals surface area contributed by atoms with Crippen molar-refractivity contribution < 1.29 is 57.8 Å². The van der Waals surface area contributed by atoms with E-state index in [9.17, 15) is 0 Å². The Kier molecular flexibility index (Phi) is 31.4. The van der Waals surface area contributed by atoms with Gasteiger partial charge in [-0.05, 0) is 37.1 Å². The molecule has 0 spiro atoms. The Bertz CT molecular complexity index is 1060. The van der Waals surface area contributed by atoms with E-state index in [4.69, 9.17) is 0 Å². The summed E-state index contributed by atoms with van der Waals surface area (Å²) in [4.78, 5) is 0. The van der Waals surface area contributed by atoms with Crippen LogP contribution in [0.3, 0.4) is 0 Å². The van der Waals surface area contributed by atoms with E-state index in [-0.39, 0.29) is 17.1 Å². The molecule has 49 heavy (non-hydrogen) atoms. The second-order valence-corrected chi connectivity index (χ2v) is 18.2. The molecule has 0 saturated carbocycles. The quantitative estimate of drug-likeness (QED) is 0.0866. The molecular weight excluding hydrogens is 763 g/mol. The maximum atomic E-state index is 4.67. The molecule has 15 heteroatoms. The van der Waals surface area contributed by atoms with Gasteiger partial charge in [0.05, 0.1) is 0 Å². The number of benzene rings is 4. The van der Waals surface area contributed by atoms with Crippen molar-refractivity contribution in [2.24, 2.45) is 0 Å². The third-order valence-electron chi connectivity index (χ3n) is 5.90. The van der Waals surface area contributed by atoms with Crippen LogP contribution in [0.5, 0.6) is 0 Å². The van der Waals surface area contributed by atoms with Gasteiger partial charge in [-0.15, -0.1) is 0 Å². The van der Waals surface area contributed by atoms with Crippen molar-refractivity contribution in [2.75, 3.05) is 69.9 Å². The minimum Gasteiger partial charge on any atom is -0.316 e. The fraction of sp³-hybridized carbons (Fsp3) is 0.294. The summed E-state index contributed by atoms with van der Waals surface area (Å²) in [5.74, 6) is 1.17. The van der Waals surface area contributed by atoms with Crippen LogP contribution in [0.15, 0.2) is 121 Å². The van der Waals surface area contributed by atoms with Gasteiger partial charge in [0.25, 0.3) is 0 Å². The second-order valence-electron chi connectivity index (χ2n) is 8.65. The van der Waals surface area contributed by atoms with Crippen molar-refractivity contribution in [3.8, 4) is 0 Å². The predicted octanol–water partition coefficient (Wildman–Crippen LogP) is 8.66. The SMILES string of the molecule is COP(OC)OC.COP(OC)OC.COP(OC)OC.[Fe].c1ccc(P(CP(c2ccccc2)c2ccccc2)c2ccccc2)cc1. The van der Waals surface area contributed by atoms with E-state index in [1.807, 2.05) is 0 Å². The molecule has 0 aliphatic carbocycles. The first kappa shape index (κ1) is 48.2. The van der Waals surface area contributed by atoms with Gasteiger partial charge in [0.15, 0.2) is 0 Å². The van der Waals surface area contributed by atoms with Crippen molar-refractivity contribution in [1.29, 1.82) is 0 Å². The predicted molar refractivity (Wildman–Crippen MR) is 207 cm³/mol. The Hall–Kier alpha value is -0.811. The van der Waals surface area contributed by atoms with E-state index >= 15 is 0 Å². The first-order chi connectivity index (χ1) is 23.5. The van der Waals surface area contributed by atoms with E-state index in [1.165, 1.54) is 27.1 Å². The van der Waals surface area contributed by atoms with E-state index < -0.39 is 41.7 Å². The van der Waals surface area contributed by atoms with E-state index in [0.29, 0.717) is 0 Å². The molecule has 0 fully saturated rings. The Morgan fingerprint density at radius 1 is 0.306 bits per heavy atom. The van der Waals surface area contributed by atoms with Crippen LogP contribution < -0.4 is 21.2 Å². The summed E-state index contributed by atoms with van der Waals surface area (Å²) < 4.78 is 42.0. The molecule has 0 unspecified atom stereocenters. The number of hydrogen-bond acceptors (Lipinski definition) is 9. The summed E-state index contributed by atoms with van der Waals surface area (Å²) in [6, 6.07) is 44.1. The van der Waals surface area contributed by atoms with Gasteiger partial charge >= 0.3 is 25.8 Å². The molecule has 0 N–H and O–H groups in total. The zero-order valence-electron chi connectivity index (χ0n) is 29.5. The summed E-state index contributed by atoms with van der Waals surface area (Å²) in [6.07, 6.45) is 0. The molecule has 0 radical (unpaired) electrons. The Balaban J connectivity index is 0.000000860. The average Bonchev–Trinajstić information content (AvgIpc) is 3.16. The van der Waals surface area contributed by atoms with Crippen LogP contribution in [-0.4, -0.2) is 69.9 Å². The summed E-state index contributed by atoms with van der Waals surface area (Å²) >= 11 is 0. The Labute approximate surface area is 310 Å². The molecule has 0 aromatic heterocycles. The topological polar surface area (TPSA) is 83.1 Å². The third-order valence-corrected chi connectivity index (χ3v) is 14.5. The normalized spacial score (nSPS) is 10.5. The van der Waals surface area contributed by atoms with Crippen LogP contribution in [0.1, 0.15) is 0 Å². The van der Waals surface area contributed by atoms with Crippen LogP contribution >= 0.6 is 41.7 Å². The van der Waals surface area contributed by atoms with Crippen molar-refractivity contribution in [1.82, 2.24) is 0 Å².